The highest BCUT2D eigenvalue weighted by atomic mass is 16.5. The molecule has 0 spiro atoms. The lowest BCUT2D eigenvalue weighted by Crippen LogP contribution is -2.19. The van der Waals surface area contributed by atoms with Crippen LogP contribution in [0.4, 0.5) is 0 Å². The van der Waals surface area contributed by atoms with Crippen LogP contribution >= 0.6 is 0 Å². The van der Waals surface area contributed by atoms with Gasteiger partial charge in [-0.15, -0.1) is 0 Å². The molecule has 112 valence electrons. The largest absolute Gasteiger partial charge is 0.481 e. The third-order valence-electron chi connectivity index (χ3n) is 3.96. The van der Waals surface area contributed by atoms with Crippen LogP contribution in [0.2, 0.25) is 0 Å². The summed E-state index contributed by atoms with van der Waals surface area (Å²) in [4.78, 5) is 15.3. The molecule has 1 aromatic heterocycles. The molecule has 0 aliphatic heterocycles. The van der Waals surface area contributed by atoms with Gasteiger partial charge in [0.05, 0.1) is 6.42 Å². The summed E-state index contributed by atoms with van der Waals surface area (Å²) < 4.78 is 5.32. The lowest BCUT2D eigenvalue weighted by molar-refractivity contribution is -0.139. The van der Waals surface area contributed by atoms with Gasteiger partial charge in [0, 0.05) is 12.3 Å². The van der Waals surface area contributed by atoms with E-state index in [2.05, 4.69) is 10.1 Å². The quantitative estimate of drug-likeness (QED) is 0.835. The second kappa shape index (κ2) is 6.37. The number of carboxylic acids is 1. The molecule has 0 unspecified atom stereocenters. The minimum absolute atomic E-state index is 0.105. The zero-order chi connectivity index (χ0) is 14.6. The highest BCUT2D eigenvalue weighted by Crippen LogP contribution is 2.31. The summed E-state index contributed by atoms with van der Waals surface area (Å²) in [6, 6.07) is 0. The molecule has 0 saturated heterocycles. The maximum Gasteiger partial charge on any atom is 0.303 e. The van der Waals surface area contributed by atoms with Gasteiger partial charge in [-0.05, 0) is 18.3 Å². The second-order valence-corrected chi connectivity index (χ2v) is 6.65. The number of hydrogen-bond acceptors (Lipinski definition) is 4. The number of aromatic nitrogens is 2. The minimum atomic E-state index is -0.793. The Kier molecular flexibility index (Phi) is 4.78. The zero-order valence-corrected chi connectivity index (χ0v) is 12.4. The van der Waals surface area contributed by atoms with Crippen LogP contribution in [0.5, 0.6) is 0 Å². The van der Waals surface area contributed by atoms with E-state index < -0.39 is 5.97 Å². The molecule has 0 atom stereocenters. The van der Waals surface area contributed by atoms with Gasteiger partial charge in [0.25, 0.3) is 0 Å². The van der Waals surface area contributed by atoms with Crippen molar-refractivity contribution < 1.29 is 14.4 Å². The molecule has 1 heterocycles. The number of aliphatic carboxylic acids is 1. The van der Waals surface area contributed by atoms with E-state index in [0.29, 0.717) is 18.2 Å². The van der Waals surface area contributed by atoms with Gasteiger partial charge in [0.15, 0.2) is 5.82 Å². The van der Waals surface area contributed by atoms with Crippen LogP contribution in [0.25, 0.3) is 0 Å². The van der Waals surface area contributed by atoms with Crippen molar-refractivity contribution in [1.82, 2.24) is 10.1 Å². The average molecular weight is 280 g/mol. The van der Waals surface area contributed by atoms with Crippen LogP contribution in [0, 0.1) is 5.41 Å². The van der Waals surface area contributed by atoms with Crippen molar-refractivity contribution >= 4 is 5.97 Å². The van der Waals surface area contributed by atoms with Crippen molar-refractivity contribution in [3.05, 3.63) is 11.7 Å². The Morgan fingerprint density at radius 3 is 2.55 bits per heavy atom. The van der Waals surface area contributed by atoms with Crippen molar-refractivity contribution in [2.45, 2.75) is 71.1 Å². The first-order chi connectivity index (χ1) is 9.46. The Labute approximate surface area is 119 Å². The molecule has 20 heavy (non-hydrogen) atoms. The van der Waals surface area contributed by atoms with Gasteiger partial charge >= 0.3 is 5.97 Å². The Morgan fingerprint density at radius 1 is 1.30 bits per heavy atom. The van der Waals surface area contributed by atoms with Crippen molar-refractivity contribution in [2.24, 2.45) is 5.41 Å². The molecule has 1 aliphatic rings. The van der Waals surface area contributed by atoms with Crippen LogP contribution in [0.1, 0.15) is 76.4 Å². The standard InChI is InChI=1S/C15H24N2O3/c1-15(2,10-13(18)19)9-12-16-14(17-20-12)11-7-5-3-4-6-8-11/h11H,3-10H2,1-2H3,(H,18,19). The number of carboxylic acid groups (broad SMARTS) is 1. The predicted octanol–water partition coefficient (Wildman–Crippen LogP) is 3.55. The van der Waals surface area contributed by atoms with Gasteiger partial charge < -0.3 is 9.63 Å². The van der Waals surface area contributed by atoms with E-state index >= 15 is 0 Å². The van der Waals surface area contributed by atoms with Crippen molar-refractivity contribution in [3.63, 3.8) is 0 Å². The van der Waals surface area contributed by atoms with E-state index in [0.717, 1.165) is 18.7 Å². The van der Waals surface area contributed by atoms with E-state index in [-0.39, 0.29) is 11.8 Å². The lowest BCUT2D eigenvalue weighted by Gasteiger charge is -2.19. The molecule has 5 heteroatoms. The van der Waals surface area contributed by atoms with Crippen LogP contribution < -0.4 is 0 Å². The molecular formula is C15H24N2O3. The molecule has 0 radical (unpaired) electrons. The van der Waals surface area contributed by atoms with E-state index in [4.69, 9.17) is 9.63 Å². The Hall–Kier alpha value is -1.39. The molecule has 1 N–H and O–H groups in total. The molecule has 1 saturated carbocycles. The van der Waals surface area contributed by atoms with E-state index in [1.54, 1.807) is 0 Å². The Bertz CT molecular complexity index is 446. The first-order valence-corrected chi connectivity index (χ1v) is 7.50. The highest BCUT2D eigenvalue weighted by molar-refractivity contribution is 5.67. The normalized spacial score (nSPS) is 17.9. The summed E-state index contributed by atoms with van der Waals surface area (Å²) in [5.74, 6) is 1.000. The number of rotatable bonds is 5. The van der Waals surface area contributed by atoms with Crippen molar-refractivity contribution in [2.75, 3.05) is 0 Å². The first kappa shape index (κ1) is 15.0. The maximum absolute atomic E-state index is 10.8. The molecule has 1 aliphatic carbocycles. The van der Waals surface area contributed by atoms with Gasteiger partial charge in [-0.1, -0.05) is 44.7 Å². The molecule has 5 nitrogen and oxygen atoms in total. The molecular weight excluding hydrogens is 256 g/mol. The van der Waals surface area contributed by atoms with E-state index in [1.807, 2.05) is 13.8 Å². The number of hydrogen-bond donors (Lipinski definition) is 1. The monoisotopic (exact) mass is 280 g/mol. The third kappa shape index (κ3) is 4.32. The topological polar surface area (TPSA) is 76.2 Å². The lowest BCUT2D eigenvalue weighted by atomic mass is 9.86. The smallest absolute Gasteiger partial charge is 0.303 e. The van der Waals surface area contributed by atoms with Gasteiger partial charge in [-0.2, -0.15) is 4.98 Å². The Balaban J connectivity index is 1.99. The average Bonchev–Trinajstić information content (AvgIpc) is 2.62. The fourth-order valence-corrected chi connectivity index (χ4v) is 2.92. The van der Waals surface area contributed by atoms with Crippen LogP contribution in [0.3, 0.4) is 0 Å². The van der Waals surface area contributed by atoms with E-state index in [9.17, 15) is 4.79 Å². The fraction of sp³-hybridized carbons (Fsp3) is 0.800. The van der Waals surface area contributed by atoms with E-state index in [1.165, 1.54) is 25.7 Å². The molecule has 2 rings (SSSR count). The summed E-state index contributed by atoms with van der Waals surface area (Å²) >= 11 is 0. The molecule has 0 amide bonds. The Morgan fingerprint density at radius 2 is 1.95 bits per heavy atom. The highest BCUT2D eigenvalue weighted by Gasteiger charge is 2.26. The van der Waals surface area contributed by atoms with Gasteiger partial charge in [-0.3, -0.25) is 4.79 Å². The fourth-order valence-electron chi connectivity index (χ4n) is 2.92. The number of nitrogens with zero attached hydrogens (tertiary/aromatic N) is 2. The summed E-state index contributed by atoms with van der Waals surface area (Å²) in [5, 5.41) is 13.0. The van der Waals surface area contributed by atoms with Crippen LogP contribution in [0.15, 0.2) is 4.52 Å². The summed E-state index contributed by atoms with van der Waals surface area (Å²) in [6.45, 7) is 3.83. The first-order valence-electron chi connectivity index (χ1n) is 7.50. The summed E-state index contributed by atoms with van der Waals surface area (Å²) in [6.07, 6.45) is 7.96. The van der Waals surface area contributed by atoms with Gasteiger partial charge in [-0.25, -0.2) is 0 Å². The van der Waals surface area contributed by atoms with Crippen molar-refractivity contribution in [1.29, 1.82) is 0 Å². The van der Waals surface area contributed by atoms with Gasteiger partial charge in [0.1, 0.15) is 0 Å². The summed E-state index contributed by atoms with van der Waals surface area (Å²) in [7, 11) is 0. The zero-order valence-electron chi connectivity index (χ0n) is 12.4. The van der Waals surface area contributed by atoms with Crippen LogP contribution in [-0.4, -0.2) is 21.2 Å². The van der Waals surface area contributed by atoms with Gasteiger partial charge in [0.2, 0.25) is 5.89 Å². The minimum Gasteiger partial charge on any atom is -0.481 e. The SMILES string of the molecule is CC(C)(CC(=O)O)Cc1nc(C2CCCCCC2)no1. The molecule has 0 bridgehead atoms. The predicted molar refractivity (Wildman–Crippen MR) is 74.5 cm³/mol. The third-order valence-corrected chi connectivity index (χ3v) is 3.96. The number of carbonyl (C=O) groups is 1. The maximum atomic E-state index is 10.8. The van der Waals surface area contributed by atoms with Crippen LogP contribution in [-0.2, 0) is 11.2 Å². The van der Waals surface area contributed by atoms with Crippen molar-refractivity contribution in [3.8, 4) is 0 Å². The molecule has 0 aromatic carbocycles. The molecule has 1 aromatic rings. The second-order valence-electron chi connectivity index (χ2n) is 6.65. The molecule has 1 fully saturated rings. The summed E-state index contributed by atoms with van der Waals surface area (Å²) in [5.41, 5.74) is -0.362.